The van der Waals surface area contributed by atoms with Crippen LogP contribution >= 0.6 is 0 Å². The van der Waals surface area contributed by atoms with Crippen LogP contribution in [0.15, 0.2) is 36.6 Å². The van der Waals surface area contributed by atoms with Crippen molar-refractivity contribution < 1.29 is 0 Å². The molecule has 1 heterocycles. The Kier molecular flexibility index (Phi) is 3.14. The quantitative estimate of drug-likeness (QED) is 0.767. The number of hydrogen-bond donors (Lipinski definition) is 1. The Morgan fingerprint density at radius 3 is 2.35 bits per heavy atom. The Bertz CT molecular complexity index is 475. The molecule has 0 saturated heterocycles. The first-order valence-electron chi connectivity index (χ1n) is 5.85. The molecular weight excluding hydrogens is 208 g/mol. The van der Waals surface area contributed by atoms with Gasteiger partial charge in [-0.3, -0.25) is 0 Å². The van der Waals surface area contributed by atoms with E-state index >= 15 is 0 Å². The van der Waals surface area contributed by atoms with Gasteiger partial charge in [0.05, 0.1) is 6.04 Å². The van der Waals surface area contributed by atoms with Crippen molar-refractivity contribution in [2.75, 3.05) is 4.90 Å². The molecule has 2 rings (SSSR count). The van der Waals surface area contributed by atoms with Crippen molar-refractivity contribution in [3.8, 4) is 0 Å². The number of anilines is 1. The van der Waals surface area contributed by atoms with Crippen molar-refractivity contribution in [3.63, 3.8) is 0 Å². The minimum absolute atomic E-state index is 0.0279. The summed E-state index contributed by atoms with van der Waals surface area (Å²) in [6.07, 6.45) is 9.55. The normalized spacial score (nSPS) is 18.5. The lowest BCUT2D eigenvalue weighted by Gasteiger charge is -2.30. The van der Waals surface area contributed by atoms with E-state index < -0.39 is 0 Å². The maximum atomic E-state index is 7.51. The minimum Gasteiger partial charge on any atom is -0.336 e. The van der Waals surface area contributed by atoms with E-state index in [1.165, 1.54) is 28.6 Å². The first kappa shape index (κ1) is 11.6. The molecule has 88 valence electrons. The maximum Gasteiger partial charge on any atom is 0.0867 e. The molecule has 0 amide bonds. The predicted octanol–water partition coefficient (Wildman–Crippen LogP) is 3.52. The van der Waals surface area contributed by atoms with Crippen LogP contribution in [0.25, 0.3) is 0 Å². The van der Waals surface area contributed by atoms with E-state index in [1.807, 2.05) is 24.4 Å². The Morgan fingerprint density at radius 1 is 1.12 bits per heavy atom. The molecule has 1 aliphatic rings. The van der Waals surface area contributed by atoms with E-state index in [0.29, 0.717) is 0 Å². The van der Waals surface area contributed by atoms with Crippen molar-refractivity contribution in [3.05, 3.63) is 53.3 Å². The smallest absolute Gasteiger partial charge is 0.0867 e. The Hall–Kier alpha value is -1.83. The maximum absolute atomic E-state index is 7.51. The highest BCUT2D eigenvalue weighted by atomic mass is 15.1. The van der Waals surface area contributed by atoms with Crippen molar-refractivity contribution in [2.45, 2.75) is 26.8 Å². The fourth-order valence-corrected chi connectivity index (χ4v) is 2.45. The van der Waals surface area contributed by atoms with Crippen LogP contribution in [0.2, 0.25) is 0 Å². The molecule has 17 heavy (non-hydrogen) atoms. The molecule has 2 heteroatoms. The fourth-order valence-electron chi connectivity index (χ4n) is 2.45. The molecule has 0 saturated carbocycles. The summed E-state index contributed by atoms with van der Waals surface area (Å²) in [4.78, 5) is 2.15. The van der Waals surface area contributed by atoms with E-state index in [1.54, 1.807) is 0 Å². The molecule has 1 aromatic carbocycles. The van der Waals surface area contributed by atoms with Gasteiger partial charge in [-0.25, -0.2) is 0 Å². The highest BCUT2D eigenvalue weighted by Crippen LogP contribution is 2.29. The third kappa shape index (κ3) is 2.16. The first-order chi connectivity index (χ1) is 8.13. The highest BCUT2D eigenvalue weighted by molar-refractivity contribution is 5.76. The second kappa shape index (κ2) is 4.58. The third-order valence-corrected chi connectivity index (χ3v) is 3.05. The van der Waals surface area contributed by atoms with Crippen molar-refractivity contribution in [1.82, 2.24) is 0 Å². The van der Waals surface area contributed by atoms with E-state index in [-0.39, 0.29) is 6.04 Å². The van der Waals surface area contributed by atoms with Gasteiger partial charge in [-0.2, -0.15) is 0 Å². The molecule has 0 fully saturated rings. The van der Waals surface area contributed by atoms with Gasteiger partial charge in [0.1, 0.15) is 0 Å². The predicted molar refractivity (Wildman–Crippen MR) is 74.0 cm³/mol. The van der Waals surface area contributed by atoms with Crippen LogP contribution in [-0.2, 0) is 0 Å². The largest absolute Gasteiger partial charge is 0.336 e. The Balaban J connectivity index is 2.50. The van der Waals surface area contributed by atoms with Gasteiger partial charge < -0.3 is 10.3 Å². The fraction of sp³-hybridized carbons (Fsp3) is 0.267. The van der Waals surface area contributed by atoms with E-state index in [2.05, 4.69) is 37.8 Å². The number of hydrogen-bond acceptors (Lipinski definition) is 2. The monoisotopic (exact) mass is 226 g/mol. The molecule has 1 aliphatic heterocycles. The SMILES string of the molecule is Cc1cc(C)c(N2C=CC=CC2C=N)c(C)c1. The second-order valence-electron chi connectivity index (χ2n) is 4.54. The van der Waals surface area contributed by atoms with Gasteiger partial charge in [0, 0.05) is 18.1 Å². The number of nitrogens with one attached hydrogen (secondary N) is 1. The number of benzene rings is 1. The number of nitrogens with zero attached hydrogens (tertiary/aromatic N) is 1. The zero-order chi connectivity index (χ0) is 12.4. The van der Waals surface area contributed by atoms with E-state index in [9.17, 15) is 0 Å². The molecule has 0 radical (unpaired) electrons. The summed E-state index contributed by atoms with van der Waals surface area (Å²) < 4.78 is 0. The van der Waals surface area contributed by atoms with Crippen LogP contribution in [0, 0.1) is 26.2 Å². The topological polar surface area (TPSA) is 27.1 Å². The first-order valence-corrected chi connectivity index (χ1v) is 5.85. The van der Waals surface area contributed by atoms with Crippen LogP contribution in [-0.4, -0.2) is 12.3 Å². The van der Waals surface area contributed by atoms with Crippen molar-refractivity contribution in [1.29, 1.82) is 5.41 Å². The molecule has 2 nitrogen and oxygen atoms in total. The van der Waals surface area contributed by atoms with Gasteiger partial charge >= 0.3 is 0 Å². The summed E-state index contributed by atoms with van der Waals surface area (Å²) >= 11 is 0. The molecule has 1 N–H and O–H groups in total. The van der Waals surface area contributed by atoms with Gasteiger partial charge in [0.15, 0.2) is 0 Å². The number of rotatable bonds is 2. The molecular formula is C15H18N2. The number of aryl methyl sites for hydroxylation is 3. The van der Waals surface area contributed by atoms with Gasteiger partial charge in [-0.05, 0) is 38.0 Å². The van der Waals surface area contributed by atoms with Gasteiger partial charge in [-0.1, -0.05) is 29.8 Å². The molecule has 0 spiro atoms. The van der Waals surface area contributed by atoms with Crippen molar-refractivity contribution >= 4 is 11.9 Å². The van der Waals surface area contributed by atoms with Crippen LogP contribution in [0.1, 0.15) is 16.7 Å². The van der Waals surface area contributed by atoms with Gasteiger partial charge in [-0.15, -0.1) is 0 Å². The Morgan fingerprint density at radius 2 is 1.76 bits per heavy atom. The van der Waals surface area contributed by atoms with Crippen LogP contribution in [0.3, 0.4) is 0 Å². The molecule has 1 unspecified atom stereocenters. The lowest BCUT2D eigenvalue weighted by molar-refractivity contribution is 0.957. The summed E-state index contributed by atoms with van der Waals surface area (Å²) in [5.74, 6) is 0. The van der Waals surface area contributed by atoms with Crippen LogP contribution in [0.4, 0.5) is 5.69 Å². The zero-order valence-electron chi connectivity index (χ0n) is 10.6. The average Bonchev–Trinajstić information content (AvgIpc) is 2.28. The second-order valence-corrected chi connectivity index (χ2v) is 4.54. The number of allylic oxidation sites excluding steroid dienone is 2. The molecule has 1 atom stereocenters. The Labute approximate surface area is 103 Å². The van der Waals surface area contributed by atoms with E-state index in [4.69, 9.17) is 5.41 Å². The summed E-state index contributed by atoms with van der Waals surface area (Å²) in [5, 5.41) is 7.51. The van der Waals surface area contributed by atoms with Crippen LogP contribution in [0.5, 0.6) is 0 Å². The minimum atomic E-state index is 0.0279. The zero-order valence-corrected chi connectivity index (χ0v) is 10.6. The lowest BCUT2D eigenvalue weighted by atomic mass is 10.0. The van der Waals surface area contributed by atoms with Gasteiger partial charge in [0.2, 0.25) is 0 Å². The lowest BCUT2D eigenvalue weighted by Crippen LogP contribution is -2.32. The molecule has 0 bridgehead atoms. The summed E-state index contributed by atoms with van der Waals surface area (Å²) in [6, 6.07) is 4.41. The molecule has 1 aromatic rings. The summed E-state index contributed by atoms with van der Waals surface area (Å²) in [5.41, 5.74) is 5.01. The summed E-state index contributed by atoms with van der Waals surface area (Å²) in [6.45, 7) is 6.37. The third-order valence-electron chi connectivity index (χ3n) is 3.05. The average molecular weight is 226 g/mol. The molecule has 0 aliphatic carbocycles. The molecule has 0 aromatic heterocycles. The standard InChI is InChI=1S/C15H18N2/c1-11-8-12(2)15(13(3)9-11)17-7-5-4-6-14(17)10-16/h4-10,14,16H,1-3H3. The van der Waals surface area contributed by atoms with E-state index in [0.717, 1.165) is 0 Å². The van der Waals surface area contributed by atoms with Gasteiger partial charge in [0.25, 0.3) is 0 Å². The highest BCUT2D eigenvalue weighted by Gasteiger charge is 2.17. The van der Waals surface area contributed by atoms with Crippen molar-refractivity contribution in [2.24, 2.45) is 0 Å². The summed E-state index contributed by atoms with van der Waals surface area (Å²) in [7, 11) is 0. The van der Waals surface area contributed by atoms with Crippen LogP contribution < -0.4 is 4.90 Å².